The van der Waals surface area contributed by atoms with Crippen LogP contribution in [0.3, 0.4) is 0 Å². The van der Waals surface area contributed by atoms with Crippen molar-refractivity contribution in [3.8, 4) is 0 Å². The number of hydrogen-bond donors (Lipinski definition) is 0. The maximum absolute atomic E-state index is 13.0. The van der Waals surface area contributed by atoms with Gasteiger partial charge in [0, 0.05) is 18.7 Å². The molecule has 3 rings (SSSR count). The van der Waals surface area contributed by atoms with Crippen molar-refractivity contribution in [1.82, 2.24) is 4.31 Å². The number of carbonyl (C=O) groups excluding carboxylic acids is 2. The summed E-state index contributed by atoms with van der Waals surface area (Å²) < 4.78 is 32.8. The van der Waals surface area contributed by atoms with Crippen molar-refractivity contribution >= 4 is 21.8 Å². The molecule has 6 nitrogen and oxygen atoms in total. The van der Waals surface area contributed by atoms with E-state index in [1.165, 1.54) is 35.5 Å². The van der Waals surface area contributed by atoms with Gasteiger partial charge in [-0.2, -0.15) is 4.31 Å². The van der Waals surface area contributed by atoms with Crippen molar-refractivity contribution in [3.05, 3.63) is 65.2 Å². The van der Waals surface area contributed by atoms with Crippen LogP contribution in [-0.2, 0) is 14.8 Å². The maximum atomic E-state index is 13.0. The first-order chi connectivity index (χ1) is 14.3. The first-order valence-electron chi connectivity index (χ1n) is 10.2. The van der Waals surface area contributed by atoms with Crippen LogP contribution in [0.15, 0.2) is 53.4 Å². The fourth-order valence-corrected chi connectivity index (χ4v) is 5.01. The Morgan fingerprint density at radius 1 is 0.933 bits per heavy atom. The molecule has 0 unspecified atom stereocenters. The van der Waals surface area contributed by atoms with Gasteiger partial charge in [0.15, 0.2) is 6.10 Å². The van der Waals surface area contributed by atoms with E-state index in [-0.39, 0.29) is 16.2 Å². The van der Waals surface area contributed by atoms with Gasteiger partial charge in [0.05, 0.1) is 10.5 Å². The zero-order valence-corrected chi connectivity index (χ0v) is 18.2. The number of Topliss-reactive ketones (excluding diaryl/α,β-unsaturated/α-hetero) is 1. The number of nitrogens with zero attached hydrogens (tertiary/aromatic N) is 1. The van der Waals surface area contributed by atoms with Crippen LogP contribution in [0.1, 0.15) is 58.9 Å². The molecule has 0 saturated carbocycles. The minimum absolute atomic E-state index is 0.0661. The van der Waals surface area contributed by atoms with E-state index >= 15 is 0 Å². The topological polar surface area (TPSA) is 80.8 Å². The summed E-state index contributed by atoms with van der Waals surface area (Å²) in [4.78, 5) is 25.1. The molecule has 7 heteroatoms. The Kier molecular flexibility index (Phi) is 7.05. The summed E-state index contributed by atoms with van der Waals surface area (Å²) in [5.41, 5.74) is 1.59. The number of benzene rings is 2. The van der Waals surface area contributed by atoms with Gasteiger partial charge in [-0.3, -0.25) is 4.79 Å². The molecule has 160 valence electrons. The van der Waals surface area contributed by atoms with E-state index in [1.54, 1.807) is 12.1 Å². The molecule has 0 aliphatic carbocycles. The summed E-state index contributed by atoms with van der Waals surface area (Å²) in [6, 6.07) is 12.8. The Balaban J connectivity index is 1.74. The van der Waals surface area contributed by atoms with Crippen LogP contribution in [-0.4, -0.2) is 43.7 Å². The first-order valence-corrected chi connectivity index (χ1v) is 11.6. The fourth-order valence-electron chi connectivity index (χ4n) is 3.45. The highest BCUT2D eigenvalue weighted by Gasteiger charge is 2.27. The third kappa shape index (κ3) is 5.15. The monoisotopic (exact) mass is 429 g/mol. The Bertz CT molecular complexity index is 1010. The SMILES string of the molecule is Cc1ccc(C(=O)[C@@H](C)OC(=O)c2cccc(S(=O)(=O)N3CCCCCC3)c2)cc1. The van der Waals surface area contributed by atoms with Gasteiger partial charge in [-0.05, 0) is 44.9 Å². The standard InChI is InChI=1S/C23H27NO5S/c1-17-10-12-19(13-11-17)22(25)18(2)29-23(26)20-8-7-9-21(16-20)30(27,28)24-14-5-3-4-6-15-24/h7-13,16,18H,3-6,14-15H2,1-2H3/t18-/m1/s1. The fraction of sp³-hybridized carbons (Fsp3) is 0.391. The van der Waals surface area contributed by atoms with Crippen LogP contribution < -0.4 is 0 Å². The minimum atomic E-state index is -3.67. The van der Waals surface area contributed by atoms with Crippen molar-refractivity contribution < 1.29 is 22.7 Å². The van der Waals surface area contributed by atoms with Gasteiger partial charge in [-0.1, -0.05) is 48.7 Å². The van der Waals surface area contributed by atoms with Gasteiger partial charge in [0.25, 0.3) is 0 Å². The van der Waals surface area contributed by atoms with Gasteiger partial charge in [-0.15, -0.1) is 0 Å². The normalized spacial score (nSPS) is 16.5. The molecular formula is C23H27NO5S. The number of sulfonamides is 1. The molecule has 1 aliphatic heterocycles. The van der Waals surface area contributed by atoms with E-state index in [4.69, 9.17) is 4.74 Å². The second kappa shape index (κ2) is 9.53. The Morgan fingerprint density at radius 2 is 1.57 bits per heavy atom. The molecule has 0 radical (unpaired) electrons. The number of ether oxygens (including phenoxy) is 1. The lowest BCUT2D eigenvalue weighted by Gasteiger charge is -2.20. The van der Waals surface area contributed by atoms with Crippen LogP contribution in [0.2, 0.25) is 0 Å². The van der Waals surface area contributed by atoms with E-state index in [2.05, 4.69) is 0 Å². The summed E-state index contributed by atoms with van der Waals surface area (Å²) in [6.07, 6.45) is 2.72. The maximum Gasteiger partial charge on any atom is 0.338 e. The van der Waals surface area contributed by atoms with Crippen LogP contribution in [0.5, 0.6) is 0 Å². The quantitative estimate of drug-likeness (QED) is 0.512. The lowest BCUT2D eigenvalue weighted by Crippen LogP contribution is -2.32. The number of esters is 1. The van der Waals surface area contributed by atoms with E-state index < -0.39 is 22.1 Å². The molecule has 2 aromatic carbocycles. The van der Waals surface area contributed by atoms with E-state index in [0.29, 0.717) is 18.7 Å². The van der Waals surface area contributed by atoms with Gasteiger partial charge in [0.1, 0.15) is 0 Å². The molecule has 1 fully saturated rings. The molecule has 1 heterocycles. The molecule has 1 saturated heterocycles. The molecule has 0 bridgehead atoms. The summed E-state index contributed by atoms with van der Waals surface area (Å²) in [7, 11) is -3.67. The van der Waals surface area contributed by atoms with Crippen molar-refractivity contribution in [2.75, 3.05) is 13.1 Å². The van der Waals surface area contributed by atoms with Crippen LogP contribution in [0.25, 0.3) is 0 Å². The van der Waals surface area contributed by atoms with Crippen LogP contribution in [0.4, 0.5) is 0 Å². The first kappa shape index (κ1) is 22.2. The summed E-state index contributed by atoms with van der Waals surface area (Å²) in [5, 5.41) is 0. The van der Waals surface area contributed by atoms with E-state index in [9.17, 15) is 18.0 Å². The third-order valence-corrected chi connectivity index (χ3v) is 7.16. The van der Waals surface area contributed by atoms with E-state index in [0.717, 1.165) is 31.2 Å². The third-order valence-electron chi connectivity index (χ3n) is 5.26. The van der Waals surface area contributed by atoms with Crippen LogP contribution >= 0.6 is 0 Å². The van der Waals surface area contributed by atoms with E-state index in [1.807, 2.05) is 19.1 Å². The predicted octanol–water partition coefficient (Wildman–Crippen LogP) is 3.99. The molecule has 1 aliphatic rings. The molecule has 0 N–H and O–H groups in total. The highest BCUT2D eigenvalue weighted by atomic mass is 32.2. The molecule has 2 aromatic rings. The summed E-state index contributed by atoms with van der Waals surface area (Å²) in [6.45, 7) is 4.40. The number of aryl methyl sites for hydroxylation is 1. The van der Waals surface area contributed by atoms with Crippen LogP contribution in [0, 0.1) is 6.92 Å². The van der Waals surface area contributed by atoms with Crippen molar-refractivity contribution in [2.45, 2.75) is 50.5 Å². The molecule has 0 spiro atoms. The molecule has 0 amide bonds. The lowest BCUT2D eigenvalue weighted by molar-refractivity contribution is 0.0318. The Hall–Kier alpha value is -2.51. The van der Waals surface area contributed by atoms with Crippen molar-refractivity contribution in [2.24, 2.45) is 0 Å². The van der Waals surface area contributed by atoms with Gasteiger partial charge in [0.2, 0.25) is 15.8 Å². The predicted molar refractivity (Wildman–Crippen MR) is 114 cm³/mol. The molecule has 30 heavy (non-hydrogen) atoms. The zero-order valence-electron chi connectivity index (χ0n) is 17.3. The minimum Gasteiger partial charge on any atom is -0.451 e. The number of hydrogen-bond acceptors (Lipinski definition) is 5. The second-order valence-corrected chi connectivity index (χ2v) is 9.56. The zero-order chi connectivity index (χ0) is 21.7. The largest absolute Gasteiger partial charge is 0.451 e. The van der Waals surface area contributed by atoms with Gasteiger partial charge >= 0.3 is 5.97 Å². The number of carbonyl (C=O) groups is 2. The van der Waals surface area contributed by atoms with Crippen molar-refractivity contribution in [3.63, 3.8) is 0 Å². The number of ketones is 1. The van der Waals surface area contributed by atoms with Crippen molar-refractivity contribution in [1.29, 1.82) is 0 Å². The summed E-state index contributed by atoms with van der Waals surface area (Å²) >= 11 is 0. The smallest absolute Gasteiger partial charge is 0.338 e. The molecule has 1 atom stereocenters. The highest BCUT2D eigenvalue weighted by Crippen LogP contribution is 2.22. The lowest BCUT2D eigenvalue weighted by atomic mass is 10.1. The Labute approximate surface area is 177 Å². The van der Waals surface area contributed by atoms with Gasteiger partial charge < -0.3 is 4.74 Å². The average molecular weight is 430 g/mol. The molecular weight excluding hydrogens is 402 g/mol. The summed E-state index contributed by atoms with van der Waals surface area (Å²) in [5.74, 6) is -1.03. The Morgan fingerprint density at radius 3 is 2.20 bits per heavy atom. The highest BCUT2D eigenvalue weighted by molar-refractivity contribution is 7.89. The van der Waals surface area contributed by atoms with Gasteiger partial charge in [-0.25, -0.2) is 13.2 Å². The molecule has 0 aromatic heterocycles. The second-order valence-electron chi connectivity index (χ2n) is 7.62. The average Bonchev–Trinajstić information content (AvgIpc) is 3.04. The number of rotatable bonds is 6.